The van der Waals surface area contributed by atoms with Crippen LogP contribution in [0.15, 0.2) is 41.4 Å². The Labute approximate surface area is 156 Å². The number of hydrogen-bond donors (Lipinski definition) is 3. The molecule has 0 saturated carbocycles. The summed E-state index contributed by atoms with van der Waals surface area (Å²) < 4.78 is 23.8. The molecule has 1 atom stereocenters. The zero-order chi connectivity index (χ0) is 19.1. The molecule has 8 heteroatoms. The summed E-state index contributed by atoms with van der Waals surface area (Å²) in [5.41, 5.74) is 7.08. The fourth-order valence-corrected chi connectivity index (χ4v) is 2.37. The van der Waals surface area contributed by atoms with Crippen molar-refractivity contribution in [1.82, 2.24) is 5.32 Å². The van der Waals surface area contributed by atoms with Crippen LogP contribution < -0.4 is 20.5 Å². The molecule has 0 radical (unpaired) electrons. The zero-order valence-corrected chi connectivity index (χ0v) is 15.3. The van der Waals surface area contributed by atoms with Gasteiger partial charge in [-0.2, -0.15) is 0 Å². The van der Waals surface area contributed by atoms with E-state index < -0.39 is 11.9 Å². The van der Waals surface area contributed by atoms with E-state index in [2.05, 4.69) is 10.3 Å². The van der Waals surface area contributed by atoms with Crippen molar-refractivity contribution in [1.29, 1.82) is 0 Å². The topological polar surface area (TPSA) is 89.1 Å². The van der Waals surface area contributed by atoms with Crippen molar-refractivity contribution in [2.45, 2.75) is 12.6 Å². The highest BCUT2D eigenvalue weighted by atomic mass is 35.5. The third-order valence-electron chi connectivity index (χ3n) is 3.68. The second-order valence-corrected chi connectivity index (χ2v) is 5.87. The van der Waals surface area contributed by atoms with Gasteiger partial charge < -0.3 is 25.6 Å². The number of aliphatic hydroxyl groups is 1. The van der Waals surface area contributed by atoms with Crippen LogP contribution in [0.5, 0.6) is 11.5 Å². The predicted octanol–water partition coefficient (Wildman–Crippen LogP) is 2.63. The molecular formula is C18H21ClFN3O3. The summed E-state index contributed by atoms with van der Waals surface area (Å²) in [5.74, 6) is 0.808. The van der Waals surface area contributed by atoms with Gasteiger partial charge in [0.25, 0.3) is 0 Å². The van der Waals surface area contributed by atoms with E-state index in [9.17, 15) is 9.50 Å². The quantitative estimate of drug-likeness (QED) is 0.507. The van der Waals surface area contributed by atoms with Gasteiger partial charge in [0.1, 0.15) is 5.82 Å². The van der Waals surface area contributed by atoms with Crippen molar-refractivity contribution in [3.05, 3.63) is 58.4 Å². The highest BCUT2D eigenvalue weighted by molar-refractivity contribution is 6.30. The van der Waals surface area contributed by atoms with E-state index in [0.717, 1.165) is 5.56 Å². The molecule has 0 aliphatic carbocycles. The highest BCUT2D eigenvalue weighted by Gasteiger charge is 2.10. The molecule has 2 aromatic rings. The minimum atomic E-state index is -0.948. The van der Waals surface area contributed by atoms with Crippen molar-refractivity contribution in [3.8, 4) is 11.5 Å². The van der Waals surface area contributed by atoms with Gasteiger partial charge in [0, 0.05) is 6.54 Å². The summed E-state index contributed by atoms with van der Waals surface area (Å²) in [6, 6.07) is 9.57. The van der Waals surface area contributed by atoms with Crippen molar-refractivity contribution in [2.24, 2.45) is 10.7 Å². The fraction of sp³-hybridized carbons (Fsp3) is 0.278. The van der Waals surface area contributed by atoms with Crippen molar-refractivity contribution in [3.63, 3.8) is 0 Å². The molecule has 6 nitrogen and oxygen atoms in total. The van der Waals surface area contributed by atoms with Gasteiger partial charge in [-0.05, 0) is 35.4 Å². The number of ether oxygens (including phenoxy) is 2. The number of rotatable bonds is 7. The molecule has 140 valence electrons. The van der Waals surface area contributed by atoms with Crippen LogP contribution in [-0.2, 0) is 6.54 Å². The minimum Gasteiger partial charge on any atom is -0.493 e. The van der Waals surface area contributed by atoms with Gasteiger partial charge in [-0.25, -0.2) is 9.38 Å². The van der Waals surface area contributed by atoms with Crippen LogP contribution in [0.1, 0.15) is 17.2 Å². The minimum absolute atomic E-state index is 0.00454. The summed E-state index contributed by atoms with van der Waals surface area (Å²) in [5, 5.41) is 12.9. The normalized spacial score (nSPS) is 12.6. The molecule has 0 aliphatic rings. The van der Waals surface area contributed by atoms with Crippen LogP contribution in [-0.4, -0.2) is 31.8 Å². The number of hydrogen-bond acceptors (Lipinski definition) is 4. The smallest absolute Gasteiger partial charge is 0.189 e. The van der Waals surface area contributed by atoms with Crippen LogP contribution >= 0.6 is 11.6 Å². The maximum atomic E-state index is 13.4. The molecule has 0 bridgehead atoms. The predicted molar refractivity (Wildman–Crippen MR) is 99.2 cm³/mol. The number of aliphatic imine (C=N–C) groups is 1. The first-order valence-electron chi connectivity index (χ1n) is 7.82. The van der Waals surface area contributed by atoms with Crippen LogP contribution in [0.3, 0.4) is 0 Å². The van der Waals surface area contributed by atoms with Gasteiger partial charge >= 0.3 is 0 Å². The van der Waals surface area contributed by atoms with Gasteiger partial charge in [-0.3, -0.25) is 0 Å². The molecule has 0 aliphatic heterocycles. The number of methoxy groups -OCH3 is 2. The van der Waals surface area contributed by atoms with Gasteiger partial charge in [-0.1, -0.05) is 23.7 Å². The van der Waals surface area contributed by atoms with Crippen molar-refractivity contribution >= 4 is 17.6 Å². The summed E-state index contributed by atoms with van der Waals surface area (Å²) in [6.07, 6.45) is -0.948. The monoisotopic (exact) mass is 381 g/mol. The lowest BCUT2D eigenvalue weighted by Gasteiger charge is -2.13. The first-order chi connectivity index (χ1) is 12.4. The summed E-state index contributed by atoms with van der Waals surface area (Å²) in [7, 11) is 3.12. The molecule has 2 aromatic carbocycles. The van der Waals surface area contributed by atoms with E-state index in [1.807, 2.05) is 6.07 Å². The SMILES string of the molecule is COc1ccc(CN=C(N)NCC(O)c2ccc(Cl)c(F)c2)cc1OC. The average Bonchev–Trinajstić information content (AvgIpc) is 2.66. The third-order valence-corrected chi connectivity index (χ3v) is 3.99. The number of guanidine groups is 1. The van der Waals surface area contributed by atoms with E-state index >= 15 is 0 Å². The molecule has 4 N–H and O–H groups in total. The molecule has 0 spiro atoms. The van der Waals surface area contributed by atoms with E-state index in [1.54, 1.807) is 32.4 Å². The summed E-state index contributed by atoms with van der Waals surface area (Å²) in [4.78, 5) is 4.20. The number of nitrogens with zero attached hydrogens (tertiary/aromatic N) is 1. The highest BCUT2D eigenvalue weighted by Crippen LogP contribution is 2.27. The van der Waals surface area contributed by atoms with Crippen molar-refractivity contribution in [2.75, 3.05) is 20.8 Å². The number of nitrogens with one attached hydrogen (secondary N) is 1. The fourth-order valence-electron chi connectivity index (χ4n) is 2.25. The number of halogens is 2. The van der Waals surface area contributed by atoms with Gasteiger partial charge in [0.2, 0.25) is 0 Å². The molecule has 1 unspecified atom stereocenters. The Morgan fingerprint density at radius 3 is 2.62 bits per heavy atom. The standard InChI is InChI=1S/C18H21ClFN3O3/c1-25-16-6-3-11(7-17(16)26-2)9-22-18(21)23-10-15(24)12-4-5-13(19)14(20)8-12/h3-8,15,24H,9-10H2,1-2H3,(H3,21,22,23). The molecule has 2 rings (SSSR count). The Hall–Kier alpha value is -2.51. The lowest BCUT2D eigenvalue weighted by Crippen LogP contribution is -2.34. The Bertz CT molecular complexity index is 786. The first-order valence-corrected chi connectivity index (χ1v) is 8.20. The maximum absolute atomic E-state index is 13.4. The van der Waals surface area contributed by atoms with E-state index in [1.165, 1.54) is 12.1 Å². The number of aliphatic hydroxyl groups excluding tert-OH is 1. The molecule has 0 fully saturated rings. The summed E-state index contributed by atoms with van der Waals surface area (Å²) >= 11 is 5.62. The van der Waals surface area contributed by atoms with Gasteiger partial charge in [0.05, 0.1) is 31.9 Å². The second-order valence-electron chi connectivity index (χ2n) is 5.46. The Morgan fingerprint density at radius 1 is 1.23 bits per heavy atom. The van der Waals surface area contributed by atoms with Crippen LogP contribution in [0.4, 0.5) is 4.39 Å². The van der Waals surface area contributed by atoms with Crippen LogP contribution in [0.25, 0.3) is 0 Å². The number of nitrogens with two attached hydrogens (primary N) is 1. The largest absolute Gasteiger partial charge is 0.493 e. The van der Waals surface area contributed by atoms with E-state index in [0.29, 0.717) is 23.6 Å². The molecule has 0 aromatic heterocycles. The summed E-state index contributed by atoms with van der Waals surface area (Å²) in [6.45, 7) is 0.410. The van der Waals surface area contributed by atoms with E-state index in [4.69, 9.17) is 26.8 Å². The molecular weight excluding hydrogens is 361 g/mol. The lowest BCUT2D eigenvalue weighted by molar-refractivity contribution is 0.180. The maximum Gasteiger partial charge on any atom is 0.189 e. The van der Waals surface area contributed by atoms with E-state index in [-0.39, 0.29) is 17.5 Å². The molecule has 26 heavy (non-hydrogen) atoms. The average molecular weight is 382 g/mol. The zero-order valence-electron chi connectivity index (χ0n) is 14.5. The molecule has 0 saturated heterocycles. The molecule has 0 amide bonds. The second kappa shape index (κ2) is 9.26. The number of benzene rings is 2. The lowest BCUT2D eigenvalue weighted by atomic mass is 10.1. The Morgan fingerprint density at radius 2 is 1.96 bits per heavy atom. The van der Waals surface area contributed by atoms with Crippen molar-refractivity contribution < 1.29 is 19.0 Å². The first kappa shape index (κ1) is 19.8. The Balaban J connectivity index is 1.92. The van der Waals surface area contributed by atoms with Crippen LogP contribution in [0.2, 0.25) is 5.02 Å². The Kier molecular flexibility index (Phi) is 7.06. The van der Waals surface area contributed by atoms with Crippen LogP contribution in [0, 0.1) is 5.82 Å². The third kappa shape index (κ3) is 5.24. The van der Waals surface area contributed by atoms with Gasteiger partial charge in [-0.15, -0.1) is 0 Å². The van der Waals surface area contributed by atoms with Gasteiger partial charge in [0.15, 0.2) is 17.5 Å². The molecule has 0 heterocycles.